The van der Waals surface area contributed by atoms with E-state index in [4.69, 9.17) is 4.74 Å². The molecular weight excluding hydrogens is 374 g/mol. The summed E-state index contributed by atoms with van der Waals surface area (Å²) in [5, 5.41) is 4.10. The third-order valence-electron chi connectivity index (χ3n) is 5.61. The van der Waals surface area contributed by atoms with Gasteiger partial charge in [0.15, 0.2) is 0 Å². The first-order valence-electron chi connectivity index (χ1n) is 9.91. The fourth-order valence-corrected chi connectivity index (χ4v) is 5.38. The van der Waals surface area contributed by atoms with Crippen LogP contribution in [0.3, 0.4) is 0 Å². The maximum atomic E-state index is 13.4. The Hall–Kier alpha value is -1.96. The number of rotatable bonds is 3. The molecule has 2 aliphatic rings. The summed E-state index contributed by atoms with van der Waals surface area (Å²) in [6.07, 6.45) is 1.52. The van der Waals surface area contributed by atoms with Crippen LogP contribution in [0.5, 0.6) is 0 Å². The number of carbonyl (C=O) groups excluding carboxylic acids is 2. The van der Waals surface area contributed by atoms with Crippen LogP contribution in [0, 0.1) is 0 Å². The van der Waals surface area contributed by atoms with E-state index >= 15 is 0 Å². The molecule has 2 saturated heterocycles. The van der Waals surface area contributed by atoms with Gasteiger partial charge < -0.3 is 19.9 Å². The van der Waals surface area contributed by atoms with Crippen LogP contribution >= 0.6 is 11.3 Å². The number of carbonyl (C=O) groups is 2. The predicted octanol–water partition coefficient (Wildman–Crippen LogP) is 2.65. The largest absolute Gasteiger partial charge is 0.371 e. The predicted molar refractivity (Wildman–Crippen MR) is 111 cm³/mol. The van der Waals surface area contributed by atoms with Crippen LogP contribution in [-0.4, -0.2) is 67.5 Å². The molecule has 1 N–H and O–H groups in total. The highest BCUT2D eigenvalue weighted by Crippen LogP contribution is 2.39. The number of nitrogens with one attached hydrogen (secondary N) is 1. The number of hydrogen-bond donors (Lipinski definition) is 1. The van der Waals surface area contributed by atoms with E-state index in [1.54, 1.807) is 18.3 Å². The molecule has 3 heterocycles. The molecule has 0 aliphatic carbocycles. The first-order valence-corrected chi connectivity index (χ1v) is 10.7. The summed E-state index contributed by atoms with van der Waals surface area (Å²) >= 11 is 1.57. The van der Waals surface area contributed by atoms with Gasteiger partial charge in [-0.2, -0.15) is 0 Å². The van der Waals surface area contributed by atoms with E-state index in [-0.39, 0.29) is 24.0 Å². The number of amides is 2. The molecule has 2 aliphatic heterocycles. The molecule has 1 aromatic heterocycles. The van der Waals surface area contributed by atoms with Crippen molar-refractivity contribution in [2.45, 2.75) is 31.9 Å². The maximum Gasteiger partial charge on any atom is 0.264 e. The number of hydrogen-bond acceptors (Lipinski definition) is 5. The fourth-order valence-electron chi connectivity index (χ4n) is 4.15. The van der Waals surface area contributed by atoms with Crippen molar-refractivity contribution in [3.05, 3.63) is 34.7 Å². The van der Waals surface area contributed by atoms with Crippen molar-refractivity contribution in [1.29, 1.82) is 0 Å². The molecule has 0 radical (unpaired) electrons. The van der Waals surface area contributed by atoms with Gasteiger partial charge in [0.1, 0.15) is 0 Å². The smallest absolute Gasteiger partial charge is 0.264 e. The summed E-state index contributed by atoms with van der Waals surface area (Å²) in [6.45, 7) is 5.28. The Morgan fingerprint density at radius 3 is 2.64 bits per heavy atom. The number of likely N-dealkylation sites (N-methyl/N-ethyl adjacent to an activating group) is 1. The Morgan fingerprint density at radius 2 is 1.93 bits per heavy atom. The molecule has 1 atom stereocenters. The van der Waals surface area contributed by atoms with Crippen LogP contribution in [-0.2, 0) is 9.53 Å². The van der Waals surface area contributed by atoms with Crippen molar-refractivity contribution in [3.63, 3.8) is 0 Å². The van der Waals surface area contributed by atoms with Crippen molar-refractivity contribution < 1.29 is 14.3 Å². The zero-order valence-corrected chi connectivity index (χ0v) is 17.3. The number of nitrogens with zero attached hydrogens (tertiary/aromatic N) is 2. The molecule has 7 heteroatoms. The lowest BCUT2D eigenvalue weighted by Gasteiger charge is -2.33. The van der Waals surface area contributed by atoms with Gasteiger partial charge in [-0.3, -0.25) is 9.59 Å². The molecular formula is C21H27N3O3S. The van der Waals surface area contributed by atoms with E-state index in [2.05, 4.69) is 29.4 Å². The Labute approximate surface area is 169 Å². The number of benzene rings is 1. The van der Waals surface area contributed by atoms with Crippen molar-refractivity contribution >= 4 is 33.2 Å². The fraction of sp³-hybridized carbons (Fsp3) is 0.524. The van der Waals surface area contributed by atoms with Crippen molar-refractivity contribution in [2.75, 3.05) is 39.8 Å². The first kappa shape index (κ1) is 19.4. The molecule has 1 aromatic carbocycles. The highest BCUT2D eigenvalue weighted by molar-refractivity contribution is 7.21. The molecule has 150 valence electrons. The summed E-state index contributed by atoms with van der Waals surface area (Å²) in [7, 11) is 2.10. The average molecular weight is 402 g/mol. The summed E-state index contributed by atoms with van der Waals surface area (Å²) in [4.78, 5) is 29.7. The van der Waals surface area contributed by atoms with Crippen LogP contribution in [0.25, 0.3) is 10.1 Å². The average Bonchev–Trinajstić information content (AvgIpc) is 3.07. The summed E-state index contributed by atoms with van der Waals surface area (Å²) in [6, 6.07) is 8.38. The van der Waals surface area contributed by atoms with Gasteiger partial charge in [0.05, 0.1) is 17.6 Å². The third kappa shape index (κ3) is 3.92. The van der Waals surface area contributed by atoms with Gasteiger partial charge in [-0.05, 0) is 31.3 Å². The number of likely N-dealkylation sites (tertiary alicyclic amines) is 1. The van der Waals surface area contributed by atoms with Gasteiger partial charge in [0, 0.05) is 49.4 Å². The van der Waals surface area contributed by atoms with Crippen LogP contribution in [0.2, 0.25) is 0 Å². The molecule has 2 aromatic rings. The second kappa shape index (κ2) is 8.19. The summed E-state index contributed by atoms with van der Waals surface area (Å²) in [5.74, 6) is 0.0874. The second-order valence-corrected chi connectivity index (χ2v) is 8.78. The number of fused-ring (bicyclic) bond motifs is 1. The maximum absolute atomic E-state index is 13.4. The quantitative estimate of drug-likeness (QED) is 0.859. The van der Waals surface area contributed by atoms with Crippen molar-refractivity contribution in [3.8, 4) is 0 Å². The van der Waals surface area contributed by atoms with Gasteiger partial charge in [0.2, 0.25) is 5.91 Å². The minimum absolute atomic E-state index is 0.00450. The Morgan fingerprint density at radius 1 is 1.18 bits per heavy atom. The molecule has 0 saturated carbocycles. The highest BCUT2D eigenvalue weighted by atomic mass is 32.1. The van der Waals surface area contributed by atoms with E-state index in [0.29, 0.717) is 19.7 Å². The summed E-state index contributed by atoms with van der Waals surface area (Å²) in [5.41, 5.74) is 1.04. The molecule has 0 unspecified atom stereocenters. The van der Waals surface area contributed by atoms with Gasteiger partial charge in [-0.15, -0.1) is 11.3 Å². The van der Waals surface area contributed by atoms with Crippen LogP contribution in [0.4, 0.5) is 0 Å². The van der Waals surface area contributed by atoms with Crippen molar-refractivity contribution in [2.24, 2.45) is 0 Å². The van der Waals surface area contributed by atoms with Gasteiger partial charge in [-0.25, -0.2) is 0 Å². The Balaban J connectivity index is 1.60. The Kier molecular flexibility index (Phi) is 5.66. The van der Waals surface area contributed by atoms with E-state index in [1.165, 1.54) is 0 Å². The van der Waals surface area contributed by atoms with Crippen LogP contribution in [0.1, 0.15) is 41.1 Å². The number of piperidine rings is 1. The van der Waals surface area contributed by atoms with E-state index < -0.39 is 0 Å². The molecule has 2 amide bonds. The SMILES string of the molecule is CC(=O)NC1CCN(C(=O)c2sc3ccccc3c2[C@H]2CN(C)CCO2)CC1. The lowest BCUT2D eigenvalue weighted by atomic mass is 10.0. The van der Waals surface area contributed by atoms with Gasteiger partial charge >= 0.3 is 0 Å². The lowest BCUT2D eigenvalue weighted by molar-refractivity contribution is -0.119. The molecule has 6 nitrogen and oxygen atoms in total. The first-order chi connectivity index (χ1) is 13.5. The number of ether oxygens (including phenoxy) is 1. The van der Waals surface area contributed by atoms with Crippen LogP contribution in [0.15, 0.2) is 24.3 Å². The molecule has 0 spiro atoms. The third-order valence-corrected chi connectivity index (χ3v) is 6.78. The van der Waals surface area contributed by atoms with Crippen LogP contribution < -0.4 is 5.32 Å². The topological polar surface area (TPSA) is 61.9 Å². The van der Waals surface area contributed by atoms with E-state index in [0.717, 1.165) is 46.5 Å². The monoisotopic (exact) mass is 401 g/mol. The van der Waals surface area contributed by atoms with Crippen molar-refractivity contribution in [1.82, 2.24) is 15.1 Å². The summed E-state index contributed by atoms with van der Waals surface area (Å²) < 4.78 is 7.22. The minimum Gasteiger partial charge on any atom is -0.371 e. The van der Waals surface area contributed by atoms with Gasteiger partial charge in [-0.1, -0.05) is 18.2 Å². The number of thiophene rings is 1. The highest BCUT2D eigenvalue weighted by Gasteiger charge is 2.32. The molecule has 28 heavy (non-hydrogen) atoms. The normalized spacial score (nSPS) is 21.8. The molecule has 4 rings (SSSR count). The van der Waals surface area contributed by atoms with Gasteiger partial charge in [0.25, 0.3) is 5.91 Å². The zero-order valence-electron chi connectivity index (χ0n) is 16.4. The van der Waals surface area contributed by atoms with E-state index in [1.807, 2.05) is 17.0 Å². The minimum atomic E-state index is -0.0780. The Bertz CT molecular complexity index is 873. The second-order valence-electron chi connectivity index (χ2n) is 7.73. The standard InChI is InChI=1S/C21H27N3O3S/c1-14(25)22-15-7-9-24(10-8-15)21(26)20-19(17-13-23(2)11-12-27-17)16-5-3-4-6-18(16)28-20/h3-6,15,17H,7-13H2,1-2H3,(H,22,25)/t17-/m1/s1. The number of morpholine rings is 1. The lowest BCUT2D eigenvalue weighted by Crippen LogP contribution is -2.46. The molecule has 2 fully saturated rings. The zero-order chi connectivity index (χ0) is 19.7. The molecule has 0 bridgehead atoms. The van der Waals surface area contributed by atoms with E-state index in [9.17, 15) is 9.59 Å².